The Bertz CT molecular complexity index is 697. The van der Waals surface area contributed by atoms with E-state index in [2.05, 4.69) is 20.5 Å². The van der Waals surface area contributed by atoms with Crippen molar-refractivity contribution in [3.05, 3.63) is 65.4 Å². The van der Waals surface area contributed by atoms with E-state index in [1.165, 1.54) is 0 Å². The van der Waals surface area contributed by atoms with Gasteiger partial charge in [0.25, 0.3) is 0 Å². The molecule has 1 heterocycles. The first kappa shape index (κ1) is 13.5. The minimum absolute atomic E-state index is 0.311. The molecule has 0 amide bonds. The fraction of sp³-hybridized carbons (Fsp3) is 0.0667. The van der Waals surface area contributed by atoms with Gasteiger partial charge in [-0.1, -0.05) is 29.8 Å². The predicted molar refractivity (Wildman–Crippen MR) is 81.9 cm³/mol. The van der Waals surface area contributed by atoms with Gasteiger partial charge >= 0.3 is 0 Å². The van der Waals surface area contributed by atoms with Crippen molar-refractivity contribution < 1.29 is 4.74 Å². The molecule has 0 saturated heterocycles. The summed E-state index contributed by atoms with van der Waals surface area (Å²) in [6.45, 7) is 0.311. The van der Waals surface area contributed by atoms with E-state index < -0.39 is 0 Å². The Morgan fingerprint density at radius 3 is 2.57 bits per heavy atom. The highest BCUT2D eigenvalue weighted by Crippen LogP contribution is 2.17. The molecule has 0 fully saturated rings. The molecule has 3 aromatic rings. The van der Waals surface area contributed by atoms with Crippen LogP contribution in [-0.2, 0) is 6.61 Å². The third-order valence-corrected chi connectivity index (χ3v) is 3.00. The van der Waals surface area contributed by atoms with E-state index in [-0.39, 0.29) is 0 Å². The lowest BCUT2D eigenvalue weighted by Crippen LogP contribution is -1.97. The predicted octanol–water partition coefficient (Wildman–Crippen LogP) is 3.78. The highest BCUT2D eigenvalue weighted by atomic mass is 35.5. The number of H-pyrrole nitrogens is 1. The molecule has 0 atom stereocenters. The van der Waals surface area contributed by atoms with Crippen LogP contribution in [0.1, 0.15) is 5.82 Å². The maximum atomic E-state index is 5.82. The lowest BCUT2D eigenvalue weighted by Gasteiger charge is -2.03. The van der Waals surface area contributed by atoms with Gasteiger partial charge in [-0.25, -0.2) is 0 Å². The fourth-order valence-electron chi connectivity index (χ4n) is 1.75. The molecule has 0 spiro atoms. The van der Waals surface area contributed by atoms with E-state index in [4.69, 9.17) is 16.3 Å². The number of hydrogen-bond donors (Lipinski definition) is 2. The summed E-state index contributed by atoms with van der Waals surface area (Å²) in [5, 5.41) is 10.7. The maximum Gasteiger partial charge on any atom is 0.246 e. The summed E-state index contributed by atoms with van der Waals surface area (Å²) in [5.41, 5.74) is 0.932. The summed E-state index contributed by atoms with van der Waals surface area (Å²) >= 11 is 5.82. The zero-order valence-corrected chi connectivity index (χ0v) is 11.8. The van der Waals surface area contributed by atoms with E-state index in [1.54, 1.807) is 12.1 Å². The van der Waals surface area contributed by atoms with Gasteiger partial charge < -0.3 is 10.1 Å². The van der Waals surface area contributed by atoms with E-state index >= 15 is 0 Å². The van der Waals surface area contributed by atoms with Crippen LogP contribution in [0.25, 0.3) is 0 Å². The zero-order valence-electron chi connectivity index (χ0n) is 11.1. The molecule has 21 heavy (non-hydrogen) atoms. The second kappa shape index (κ2) is 6.28. The van der Waals surface area contributed by atoms with E-state index in [0.717, 1.165) is 11.4 Å². The molecule has 3 rings (SSSR count). The molecule has 5 nitrogen and oxygen atoms in total. The van der Waals surface area contributed by atoms with Gasteiger partial charge in [-0.3, -0.25) is 5.10 Å². The summed E-state index contributed by atoms with van der Waals surface area (Å²) in [6.07, 6.45) is 0. The van der Waals surface area contributed by atoms with Crippen molar-refractivity contribution in [3.63, 3.8) is 0 Å². The van der Waals surface area contributed by atoms with Gasteiger partial charge in [-0.15, -0.1) is 5.10 Å². The molecule has 0 saturated carbocycles. The lowest BCUT2D eigenvalue weighted by molar-refractivity contribution is 0.296. The van der Waals surface area contributed by atoms with Crippen LogP contribution in [0.2, 0.25) is 5.02 Å². The number of hydrogen-bond acceptors (Lipinski definition) is 4. The van der Waals surface area contributed by atoms with Crippen LogP contribution in [0, 0.1) is 0 Å². The first-order chi connectivity index (χ1) is 10.3. The van der Waals surface area contributed by atoms with Crippen molar-refractivity contribution in [1.82, 2.24) is 15.2 Å². The van der Waals surface area contributed by atoms with Crippen LogP contribution >= 0.6 is 11.6 Å². The zero-order chi connectivity index (χ0) is 14.5. The summed E-state index contributed by atoms with van der Waals surface area (Å²) in [5.74, 6) is 1.88. The first-order valence-electron chi connectivity index (χ1n) is 6.41. The average molecular weight is 301 g/mol. The minimum Gasteiger partial charge on any atom is -0.486 e. The SMILES string of the molecule is Clc1ccc(OCc2nc(Nc3ccccc3)n[nH]2)cc1. The molecule has 0 radical (unpaired) electrons. The van der Waals surface area contributed by atoms with Gasteiger partial charge in [0.05, 0.1) is 0 Å². The number of benzene rings is 2. The normalized spacial score (nSPS) is 10.3. The van der Waals surface area contributed by atoms with Crippen molar-refractivity contribution >= 4 is 23.2 Å². The first-order valence-corrected chi connectivity index (χ1v) is 6.79. The monoisotopic (exact) mass is 300 g/mol. The highest BCUT2D eigenvalue weighted by molar-refractivity contribution is 6.30. The third kappa shape index (κ3) is 3.73. The highest BCUT2D eigenvalue weighted by Gasteiger charge is 2.04. The van der Waals surface area contributed by atoms with Crippen molar-refractivity contribution in [2.24, 2.45) is 0 Å². The topological polar surface area (TPSA) is 62.8 Å². The number of nitrogens with zero attached hydrogens (tertiary/aromatic N) is 2. The molecular formula is C15H13ClN4O. The number of halogens is 1. The molecule has 2 aromatic carbocycles. The Morgan fingerprint density at radius 2 is 1.81 bits per heavy atom. The molecule has 0 aliphatic rings. The van der Waals surface area contributed by atoms with Crippen LogP contribution in [0.4, 0.5) is 11.6 Å². The molecule has 0 aliphatic carbocycles. The Morgan fingerprint density at radius 1 is 1.05 bits per heavy atom. The standard InChI is InChI=1S/C15H13ClN4O/c16-11-6-8-13(9-7-11)21-10-14-18-15(20-19-14)17-12-4-2-1-3-5-12/h1-9H,10H2,(H2,17,18,19,20). The average Bonchev–Trinajstić information content (AvgIpc) is 2.95. The molecule has 0 aliphatic heterocycles. The minimum atomic E-state index is 0.311. The van der Waals surface area contributed by atoms with Gasteiger partial charge in [0.1, 0.15) is 12.4 Å². The van der Waals surface area contributed by atoms with Crippen LogP contribution in [0.15, 0.2) is 54.6 Å². The Labute approximate surface area is 126 Å². The molecule has 0 bridgehead atoms. The van der Waals surface area contributed by atoms with Crippen LogP contribution in [0.3, 0.4) is 0 Å². The number of rotatable bonds is 5. The molecule has 0 unspecified atom stereocenters. The molecular weight excluding hydrogens is 288 g/mol. The third-order valence-electron chi connectivity index (χ3n) is 2.75. The number of para-hydroxylation sites is 1. The smallest absolute Gasteiger partial charge is 0.246 e. The number of aromatic amines is 1. The van der Waals surface area contributed by atoms with Crippen LogP contribution in [0.5, 0.6) is 5.75 Å². The molecule has 106 valence electrons. The largest absolute Gasteiger partial charge is 0.486 e. The number of aromatic nitrogens is 3. The summed E-state index contributed by atoms with van der Waals surface area (Å²) in [4.78, 5) is 4.31. The number of anilines is 2. The lowest BCUT2D eigenvalue weighted by atomic mass is 10.3. The number of ether oxygens (including phenoxy) is 1. The number of nitrogens with one attached hydrogen (secondary N) is 2. The van der Waals surface area contributed by atoms with Gasteiger partial charge in [0.2, 0.25) is 5.95 Å². The van der Waals surface area contributed by atoms with E-state index in [0.29, 0.717) is 23.4 Å². The summed E-state index contributed by atoms with van der Waals surface area (Å²) in [7, 11) is 0. The van der Waals surface area contributed by atoms with Crippen LogP contribution in [-0.4, -0.2) is 15.2 Å². The molecule has 1 aromatic heterocycles. The Kier molecular flexibility index (Phi) is 4.02. The van der Waals surface area contributed by atoms with Crippen molar-refractivity contribution in [2.45, 2.75) is 6.61 Å². The second-order valence-corrected chi connectivity index (χ2v) is 4.78. The van der Waals surface area contributed by atoms with E-state index in [1.807, 2.05) is 42.5 Å². The second-order valence-electron chi connectivity index (χ2n) is 4.34. The summed E-state index contributed by atoms with van der Waals surface area (Å²) < 4.78 is 5.59. The maximum absolute atomic E-state index is 5.82. The Balaban J connectivity index is 1.59. The van der Waals surface area contributed by atoms with Gasteiger partial charge in [0.15, 0.2) is 5.82 Å². The van der Waals surface area contributed by atoms with Gasteiger partial charge in [-0.2, -0.15) is 4.98 Å². The van der Waals surface area contributed by atoms with Gasteiger partial charge in [0, 0.05) is 10.7 Å². The Hall–Kier alpha value is -2.53. The summed E-state index contributed by atoms with van der Waals surface area (Å²) in [6, 6.07) is 16.9. The van der Waals surface area contributed by atoms with Crippen LogP contribution < -0.4 is 10.1 Å². The fourth-order valence-corrected chi connectivity index (χ4v) is 1.87. The van der Waals surface area contributed by atoms with Crippen molar-refractivity contribution in [3.8, 4) is 5.75 Å². The molecule has 6 heteroatoms. The van der Waals surface area contributed by atoms with Crippen molar-refractivity contribution in [1.29, 1.82) is 0 Å². The molecule has 2 N–H and O–H groups in total. The quantitative estimate of drug-likeness (QED) is 0.752. The van der Waals surface area contributed by atoms with E-state index in [9.17, 15) is 0 Å². The van der Waals surface area contributed by atoms with Crippen molar-refractivity contribution in [2.75, 3.05) is 5.32 Å². The van der Waals surface area contributed by atoms with Gasteiger partial charge in [-0.05, 0) is 36.4 Å².